The second-order valence-corrected chi connectivity index (χ2v) is 14.9. The van der Waals surface area contributed by atoms with E-state index >= 15 is 0 Å². The molecule has 5 aromatic rings. The first-order valence-electron chi connectivity index (χ1n) is 15.0. The molecule has 0 fully saturated rings. The van der Waals surface area contributed by atoms with Gasteiger partial charge in [-0.25, -0.2) is 0 Å². The third-order valence-corrected chi connectivity index (χ3v) is 13.0. The molecule has 5 aromatic carbocycles. The molecule has 0 N–H and O–H groups in total. The van der Waals surface area contributed by atoms with Crippen LogP contribution in [-0.2, 0) is 12.8 Å². The van der Waals surface area contributed by atoms with E-state index in [9.17, 15) is 0 Å². The molecule has 0 aliphatic heterocycles. The fraction of sp³-hybridized carbons (Fsp3) is 0.150. The topological polar surface area (TPSA) is 9.23 Å². The van der Waals surface area contributed by atoms with E-state index in [0.29, 0.717) is 0 Å². The molecule has 0 aliphatic carbocycles. The Morgan fingerprint density at radius 1 is 0.674 bits per heavy atom. The van der Waals surface area contributed by atoms with Crippen LogP contribution in [0.25, 0.3) is 0 Å². The highest BCUT2D eigenvalue weighted by molar-refractivity contribution is 7.80. The van der Waals surface area contributed by atoms with Crippen LogP contribution >= 0.6 is 15.8 Å². The van der Waals surface area contributed by atoms with Gasteiger partial charge < -0.3 is 4.74 Å². The minimum atomic E-state index is -0.699. The summed E-state index contributed by atoms with van der Waals surface area (Å²) in [5, 5.41) is 8.20. The van der Waals surface area contributed by atoms with Crippen LogP contribution in [0.5, 0.6) is 5.75 Å². The van der Waals surface area contributed by atoms with Crippen molar-refractivity contribution in [3.05, 3.63) is 168 Å². The van der Waals surface area contributed by atoms with E-state index in [1.54, 1.807) is 7.11 Å². The van der Waals surface area contributed by atoms with Gasteiger partial charge >= 0.3 is 0 Å². The minimum Gasteiger partial charge on any atom is -0.496 e. The Labute approximate surface area is 260 Å². The summed E-state index contributed by atoms with van der Waals surface area (Å²) < 4.78 is 6.01. The number of hydrogen-bond acceptors (Lipinski definition) is 1. The minimum absolute atomic E-state index is 0.697. The molecule has 0 aromatic heterocycles. The van der Waals surface area contributed by atoms with Gasteiger partial charge in [-0.3, -0.25) is 0 Å². The lowest BCUT2D eigenvalue weighted by molar-refractivity contribution is 0.409. The van der Waals surface area contributed by atoms with Crippen molar-refractivity contribution in [1.29, 1.82) is 0 Å². The normalized spacial score (nSPS) is 11.8. The van der Waals surface area contributed by atoms with Crippen LogP contribution in [-0.4, -0.2) is 7.11 Å². The molecule has 0 unspecified atom stereocenters. The number of aryl methyl sites for hydroxylation is 2. The van der Waals surface area contributed by atoms with Gasteiger partial charge in [0.05, 0.1) is 7.11 Å². The third-order valence-electron chi connectivity index (χ3n) is 7.80. The molecule has 0 aliphatic rings. The fourth-order valence-electron chi connectivity index (χ4n) is 5.60. The number of benzene rings is 5. The van der Waals surface area contributed by atoms with E-state index in [1.165, 1.54) is 48.5 Å². The largest absolute Gasteiger partial charge is 0.496 e. The standard InChI is InChI=1S/C40H40OP2/c1-5-32-29-38(41-4)33(30-40(32)43(36-23-15-9-16-24-36)37-25-17-10-18-26-37)28-27-31(3)39(6-2)42(34-19-11-7-12-20-34)35-21-13-8-14-22-35/h6-26,29-30H,2,5,27-28H2,1,3-4H3/b39-31-. The van der Waals surface area contributed by atoms with Crippen molar-refractivity contribution in [2.75, 3.05) is 7.11 Å². The highest BCUT2D eigenvalue weighted by atomic mass is 31.1. The van der Waals surface area contributed by atoms with Crippen molar-refractivity contribution in [1.82, 2.24) is 0 Å². The molecule has 0 spiro atoms. The van der Waals surface area contributed by atoms with Crippen molar-refractivity contribution < 1.29 is 4.74 Å². The summed E-state index contributed by atoms with van der Waals surface area (Å²) in [5.41, 5.74) is 4.00. The number of ether oxygens (including phenoxy) is 1. The average molecular weight is 599 g/mol. The lowest BCUT2D eigenvalue weighted by Crippen LogP contribution is -2.24. The molecule has 1 nitrogen and oxygen atoms in total. The molecule has 0 atom stereocenters. The van der Waals surface area contributed by atoms with E-state index in [0.717, 1.165) is 25.0 Å². The van der Waals surface area contributed by atoms with Crippen LogP contribution in [0.15, 0.2) is 157 Å². The molecule has 216 valence electrons. The maximum atomic E-state index is 6.01. The summed E-state index contributed by atoms with van der Waals surface area (Å²) in [6, 6.07) is 48.5. The molecule has 0 heterocycles. The lowest BCUT2D eigenvalue weighted by atomic mass is 10.0. The number of hydrogen-bond donors (Lipinski definition) is 0. The van der Waals surface area contributed by atoms with Gasteiger partial charge in [-0.1, -0.05) is 146 Å². The average Bonchev–Trinajstić information content (AvgIpc) is 3.08. The highest BCUT2D eigenvalue weighted by Gasteiger charge is 2.22. The number of rotatable bonds is 12. The summed E-state index contributed by atoms with van der Waals surface area (Å²) in [5.74, 6) is 0.984. The van der Waals surface area contributed by atoms with Crippen molar-refractivity contribution in [2.45, 2.75) is 33.1 Å². The summed E-state index contributed by atoms with van der Waals surface area (Å²) in [6.07, 6.45) is 4.90. The Hall–Kier alpha value is -3.76. The summed E-state index contributed by atoms with van der Waals surface area (Å²) in [7, 11) is 0.406. The lowest BCUT2D eigenvalue weighted by Gasteiger charge is -2.25. The monoisotopic (exact) mass is 598 g/mol. The van der Waals surface area contributed by atoms with Gasteiger partial charge in [0.25, 0.3) is 0 Å². The van der Waals surface area contributed by atoms with E-state index in [1.807, 2.05) is 0 Å². The summed E-state index contributed by atoms with van der Waals surface area (Å²) in [4.78, 5) is 0. The maximum absolute atomic E-state index is 6.01. The number of allylic oxidation sites excluding steroid dienone is 3. The second kappa shape index (κ2) is 15.1. The van der Waals surface area contributed by atoms with Gasteiger partial charge in [-0.05, 0) is 97.1 Å². The Morgan fingerprint density at radius 2 is 1.14 bits per heavy atom. The van der Waals surface area contributed by atoms with E-state index in [-0.39, 0.29) is 0 Å². The van der Waals surface area contributed by atoms with Crippen LogP contribution in [0.4, 0.5) is 0 Å². The molecule has 0 amide bonds. The zero-order valence-corrected chi connectivity index (χ0v) is 27.2. The van der Waals surface area contributed by atoms with Crippen molar-refractivity contribution in [2.24, 2.45) is 0 Å². The van der Waals surface area contributed by atoms with Gasteiger partial charge in [0.2, 0.25) is 0 Å². The second-order valence-electron chi connectivity index (χ2n) is 10.5. The van der Waals surface area contributed by atoms with E-state index in [2.05, 4.69) is 160 Å². The highest BCUT2D eigenvalue weighted by Crippen LogP contribution is 2.46. The van der Waals surface area contributed by atoms with Gasteiger partial charge in [-0.15, -0.1) is 0 Å². The SMILES string of the molecule is C=C/C(=C(\C)CCc1cc(P(c2ccccc2)c2ccccc2)c(CC)cc1OC)P(c1ccccc1)c1ccccc1. The fourth-order valence-corrected chi connectivity index (χ4v) is 10.7. The first kappa shape index (κ1) is 30.7. The maximum Gasteiger partial charge on any atom is 0.122 e. The van der Waals surface area contributed by atoms with E-state index < -0.39 is 15.8 Å². The number of methoxy groups -OCH3 is 1. The molecule has 0 saturated carbocycles. The van der Waals surface area contributed by atoms with Crippen LogP contribution < -0.4 is 31.3 Å². The quantitative estimate of drug-likeness (QED) is 0.103. The predicted molar refractivity (Wildman–Crippen MR) is 191 cm³/mol. The third kappa shape index (κ3) is 7.25. The van der Waals surface area contributed by atoms with Crippen molar-refractivity contribution in [3.63, 3.8) is 0 Å². The molecular formula is C40H40OP2. The van der Waals surface area contributed by atoms with Crippen LogP contribution in [0, 0.1) is 0 Å². The van der Waals surface area contributed by atoms with Crippen molar-refractivity contribution in [3.8, 4) is 5.75 Å². The Bertz CT molecular complexity index is 1570. The van der Waals surface area contributed by atoms with Crippen LogP contribution in [0.1, 0.15) is 31.4 Å². The molecule has 5 rings (SSSR count). The van der Waals surface area contributed by atoms with Crippen LogP contribution in [0.3, 0.4) is 0 Å². The Morgan fingerprint density at radius 3 is 1.56 bits per heavy atom. The summed E-state index contributed by atoms with van der Waals surface area (Å²) >= 11 is 0. The zero-order valence-electron chi connectivity index (χ0n) is 25.4. The summed E-state index contributed by atoms with van der Waals surface area (Å²) in [6.45, 7) is 8.84. The van der Waals surface area contributed by atoms with Gasteiger partial charge in [0.15, 0.2) is 0 Å². The first-order valence-corrected chi connectivity index (χ1v) is 17.6. The smallest absolute Gasteiger partial charge is 0.122 e. The van der Waals surface area contributed by atoms with Gasteiger partial charge in [-0.2, -0.15) is 0 Å². The molecular weight excluding hydrogens is 558 g/mol. The zero-order chi connectivity index (χ0) is 30.0. The molecule has 3 heteroatoms. The van der Waals surface area contributed by atoms with Gasteiger partial charge in [0.1, 0.15) is 5.75 Å². The van der Waals surface area contributed by atoms with Crippen LogP contribution in [0.2, 0.25) is 0 Å². The molecule has 43 heavy (non-hydrogen) atoms. The Balaban J connectivity index is 1.55. The van der Waals surface area contributed by atoms with E-state index in [4.69, 9.17) is 4.74 Å². The molecule has 0 saturated heterocycles. The first-order chi connectivity index (χ1) is 21.1. The Kier molecular flexibility index (Phi) is 10.8. The predicted octanol–water partition coefficient (Wildman–Crippen LogP) is 8.54. The van der Waals surface area contributed by atoms with Crippen molar-refractivity contribution >= 4 is 42.4 Å². The molecule has 0 radical (unpaired) electrons. The molecule has 0 bridgehead atoms. The van der Waals surface area contributed by atoms with Gasteiger partial charge in [0, 0.05) is 0 Å².